The van der Waals surface area contributed by atoms with Crippen LogP contribution in [0.25, 0.3) is 0 Å². The van der Waals surface area contributed by atoms with Crippen molar-refractivity contribution in [2.24, 2.45) is 0 Å². The van der Waals surface area contributed by atoms with E-state index in [-0.39, 0.29) is 0 Å². The van der Waals surface area contributed by atoms with Gasteiger partial charge in [0.1, 0.15) is 4.95 Å². The number of hydrogen-bond acceptors (Lipinski definition) is 2. The molecule has 0 saturated heterocycles. The molecule has 0 aromatic rings. The van der Waals surface area contributed by atoms with Gasteiger partial charge < -0.3 is 10.2 Å². The molecule has 2 aliphatic heterocycles. The van der Waals surface area contributed by atoms with E-state index in [0.29, 0.717) is 4.95 Å². The van der Waals surface area contributed by atoms with Crippen LogP contribution in [0.3, 0.4) is 0 Å². The summed E-state index contributed by atoms with van der Waals surface area (Å²) in [7, 11) is 2.17. The van der Waals surface area contributed by atoms with Gasteiger partial charge in [-0.1, -0.05) is 15.9 Å². The molecule has 0 aromatic carbocycles. The molecule has 1 atom stereocenters. The van der Waals surface area contributed by atoms with Gasteiger partial charge in [0.05, 0.1) is 0 Å². The first-order valence-electron chi connectivity index (χ1n) is 4.24. The van der Waals surface area contributed by atoms with Crippen LogP contribution in [0, 0.1) is 0 Å². The maximum atomic E-state index is 3.61. The first-order chi connectivity index (χ1) is 5.77. The highest BCUT2D eigenvalue weighted by atomic mass is 79.9. The van der Waals surface area contributed by atoms with Crippen LogP contribution in [0.2, 0.25) is 0 Å². The lowest BCUT2D eigenvalue weighted by molar-refractivity contribution is 0.347. The Morgan fingerprint density at radius 2 is 2.50 bits per heavy atom. The summed E-state index contributed by atoms with van der Waals surface area (Å²) in [5, 5.41) is 3.26. The predicted octanol–water partition coefficient (Wildman–Crippen LogP) is 1.46. The van der Waals surface area contributed by atoms with Crippen molar-refractivity contribution in [1.82, 2.24) is 10.2 Å². The quantitative estimate of drug-likeness (QED) is 0.499. The van der Waals surface area contributed by atoms with Crippen molar-refractivity contribution in [2.45, 2.75) is 11.4 Å². The number of likely N-dealkylation sites (N-methyl/N-ethyl adjacent to an activating group) is 1. The maximum absolute atomic E-state index is 3.61. The standard InChI is InChI=1S/C9H13BrN2/c1-12-5-3-8-7(6-12)2-4-11-9(8)10/h2,4,9,11H,3,5-6H2,1H3. The molecule has 0 spiro atoms. The van der Waals surface area contributed by atoms with Gasteiger partial charge in [-0.2, -0.15) is 0 Å². The van der Waals surface area contributed by atoms with Crippen LogP contribution in [-0.2, 0) is 0 Å². The summed E-state index contributed by atoms with van der Waals surface area (Å²) in [4.78, 5) is 2.72. The van der Waals surface area contributed by atoms with Gasteiger partial charge in [-0.25, -0.2) is 0 Å². The van der Waals surface area contributed by atoms with Crippen molar-refractivity contribution < 1.29 is 0 Å². The highest BCUT2D eigenvalue weighted by Gasteiger charge is 2.21. The first-order valence-corrected chi connectivity index (χ1v) is 5.16. The number of nitrogens with zero attached hydrogens (tertiary/aromatic N) is 1. The second kappa shape index (κ2) is 3.23. The lowest BCUT2D eigenvalue weighted by Crippen LogP contribution is -2.34. The lowest BCUT2D eigenvalue weighted by atomic mass is 9.98. The van der Waals surface area contributed by atoms with Crippen LogP contribution < -0.4 is 5.32 Å². The van der Waals surface area contributed by atoms with Crippen LogP contribution in [0.15, 0.2) is 23.4 Å². The van der Waals surface area contributed by atoms with Crippen molar-refractivity contribution >= 4 is 15.9 Å². The van der Waals surface area contributed by atoms with Crippen LogP contribution in [0.1, 0.15) is 6.42 Å². The van der Waals surface area contributed by atoms with Crippen LogP contribution in [-0.4, -0.2) is 30.0 Å². The highest BCUT2D eigenvalue weighted by Crippen LogP contribution is 2.26. The van der Waals surface area contributed by atoms with E-state index >= 15 is 0 Å². The van der Waals surface area contributed by atoms with Gasteiger partial charge in [-0.3, -0.25) is 0 Å². The summed E-state index contributed by atoms with van der Waals surface area (Å²) in [5.41, 5.74) is 3.00. The molecular weight excluding hydrogens is 216 g/mol. The topological polar surface area (TPSA) is 15.3 Å². The van der Waals surface area contributed by atoms with Gasteiger partial charge in [0.15, 0.2) is 0 Å². The minimum absolute atomic E-state index is 0.367. The zero-order valence-electron chi connectivity index (χ0n) is 7.18. The number of hydrogen-bond donors (Lipinski definition) is 1. The van der Waals surface area contributed by atoms with Crippen LogP contribution >= 0.6 is 15.9 Å². The molecule has 1 unspecified atom stereocenters. The van der Waals surface area contributed by atoms with E-state index in [1.807, 2.05) is 6.20 Å². The van der Waals surface area contributed by atoms with Crippen molar-refractivity contribution in [1.29, 1.82) is 0 Å². The van der Waals surface area contributed by atoms with Crippen molar-refractivity contribution in [3.63, 3.8) is 0 Å². The van der Waals surface area contributed by atoms with Crippen molar-refractivity contribution in [2.75, 3.05) is 20.1 Å². The van der Waals surface area contributed by atoms with E-state index in [9.17, 15) is 0 Å². The van der Waals surface area contributed by atoms with Gasteiger partial charge in [0, 0.05) is 13.1 Å². The fraction of sp³-hybridized carbons (Fsp3) is 0.556. The molecule has 0 aromatic heterocycles. The van der Waals surface area contributed by atoms with E-state index < -0.39 is 0 Å². The zero-order valence-corrected chi connectivity index (χ0v) is 8.76. The average Bonchev–Trinajstić information content (AvgIpc) is 2.04. The third-order valence-corrected chi connectivity index (χ3v) is 3.27. The van der Waals surface area contributed by atoms with Crippen molar-refractivity contribution in [3.05, 3.63) is 23.4 Å². The molecule has 12 heavy (non-hydrogen) atoms. The summed E-state index contributed by atoms with van der Waals surface area (Å²) in [6.07, 6.45) is 5.39. The molecule has 0 aliphatic carbocycles. The summed E-state index contributed by atoms with van der Waals surface area (Å²) in [6.45, 7) is 2.27. The molecule has 0 fully saturated rings. The molecule has 2 rings (SSSR count). The van der Waals surface area contributed by atoms with Crippen LogP contribution in [0.4, 0.5) is 0 Å². The summed E-state index contributed by atoms with van der Waals surface area (Å²) in [6, 6.07) is 0. The van der Waals surface area contributed by atoms with Crippen LogP contribution in [0.5, 0.6) is 0 Å². The second-order valence-electron chi connectivity index (χ2n) is 3.40. The average molecular weight is 229 g/mol. The fourth-order valence-corrected chi connectivity index (χ4v) is 2.40. The van der Waals surface area contributed by atoms with E-state index in [1.165, 1.54) is 24.1 Å². The number of nitrogens with one attached hydrogen (secondary N) is 1. The number of halogens is 1. The highest BCUT2D eigenvalue weighted by molar-refractivity contribution is 9.09. The van der Waals surface area contributed by atoms with E-state index in [1.54, 1.807) is 0 Å². The predicted molar refractivity (Wildman–Crippen MR) is 54.1 cm³/mol. The summed E-state index contributed by atoms with van der Waals surface area (Å²) >= 11 is 3.61. The molecule has 0 bridgehead atoms. The molecule has 0 radical (unpaired) electrons. The molecule has 2 aliphatic rings. The fourth-order valence-electron chi connectivity index (χ4n) is 1.73. The van der Waals surface area contributed by atoms with Gasteiger partial charge in [-0.15, -0.1) is 0 Å². The Morgan fingerprint density at radius 1 is 1.67 bits per heavy atom. The normalized spacial score (nSPS) is 30.0. The van der Waals surface area contributed by atoms with Gasteiger partial charge >= 0.3 is 0 Å². The minimum atomic E-state index is 0.367. The van der Waals surface area contributed by atoms with E-state index in [2.05, 4.69) is 39.3 Å². The maximum Gasteiger partial charge on any atom is 0.104 e. The number of rotatable bonds is 0. The Balaban J connectivity index is 2.24. The third kappa shape index (κ3) is 1.43. The number of dihydropyridines is 1. The zero-order chi connectivity index (χ0) is 8.55. The van der Waals surface area contributed by atoms with Gasteiger partial charge in [0.25, 0.3) is 0 Å². The molecule has 0 saturated carbocycles. The van der Waals surface area contributed by atoms with Gasteiger partial charge in [-0.05, 0) is 36.9 Å². The Bertz CT molecular complexity index is 245. The van der Waals surface area contributed by atoms with E-state index in [4.69, 9.17) is 0 Å². The summed E-state index contributed by atoms with van der Waals surface area (Å²) in [5.74, 6) is 0. The Kier molecular flexibility index (Phi) is 2.24. The molecule has 1 N–H and O–H groups in total. The molecular formula is C9H13BrN2. The Morgan fingerprint density at radius 3 is 3.33 bits per heavy atom. The molecule has 2 heterocycles. The third-order valence-electron chi connectivity index (χ3n) is 2.45. The first kappa shape index (κ1) is 8.32. The second-order valence-corrected chi connectivity index (χ2v) is 4.32. The van der Waals surface area contributed by atoms with Gasteiger partial charge in [0.2, 0.25) is 0 Å². The monoisotopic (exact) mass is 228 g/mol. The largest absolute Gasteiger partial charge is 0.375 e. The van der Waals surface area contributed by atoms with E-state index in [0.717, 1.165) is 6.54 Å². The smallest absolute Gasteiger partial charge is 0.104 e. The molecule has 66 valence electrons. The minimum Gasteiger partial charge on any atom is -0.375 e. The molecule has 3 heteroatoms. The Labute approximate surface area is 81.4 Å². The lowest BCUT2D eigenvalue weighted by Gasteiger charge is -2.31. The molecule has 0 amide bonds. The van der Waals surface area contributed by atoms with Crippen molar-refractivity contribution in [3.8, 4) is 0 Å². The Hall–Kier alpha value is -0.280. The SMILES string of the molecule is CN1CCC2=C(C=CNC2Br)C1. The number of alkyl halides is 1. The molecule has 2 nitrogen and oxygen atoms in total. The summed E-state index contributed by atoms with van der Waals surface area (Å²) < 4.78 is 0.